The van der Waals surface area contributed by atoms with E-state index < -0.39 is 0 Å². The highest BCUT2D eigenvalue weighted by Gasteiger charge is 2.19. The van der Waals surface area contributed by atoms with E-state index in [2.05, 4.69) is 17.3 Å². The summed E-state index contributed by atoms with van der Waals surface area (Å²) in [5.74, 6) is -0.224. The van der Waals surface area contributed by atoms with Gasteiger partial charge in [-0.1, -0.05) is 32.0 Å². The van der Waals surface area contributed by atoms with Crippen molar-refractivity contribution in [3.8, 4) is 0 Å². The molecule has 1 aromatic carbocycles. The number of aromatic nitrogens is 2. The number of nitrogens with one attached hydrogen (secondary N) is 1. The highest BCUT2D eigenvalue weighted by atomic mass is 16.2. The third-order valence-corrected chi connectivity index (χ3v) is 3.36. The van der Waals surface area contributed by atoms with Crippen molar-refractivity contribution in [1.82, 2.24) is 9.78 Å². The fourth-order valence-electron chi connectivity index (χ4n) is 2.26. The Balaban J connectivity index is 2.31. The van der Waals surface area contributed by atoms with Gasteiger partial charge in [0.15, 0.2) is 0 Å². The predicted octanol–water partition coefficient (Wildman–Crippen LogP) is 2.38. The minimum absolute atomic E-state index is 0.224. The first-order chi connectivity index (χ1) is 9.58. The average molecular weight is 272 g/mol. The average Bonchev–Trinajstić information content (AvgIpc) is 2.73. The molecule has 0 aliphatic carbocycles. The Labute approximate surface area is 118 Å². The summed E-state index contributed by atoms with van der Waals surface area (Å²) in [5.41, 5.74) is 9.53. The van der Waals surface area contributed by atoms with E-state index in [1.807, 2.05) is 31.2 Å². The maximum absolute atomic E-state index is 12.4. The minimum Gasteiger partial charge on any atom is -0.395 e. The summed E-state index contributed by atoms with van der Waals surface area (Å²) in [4.78, 5) is 12.4. The molecule has 1 amide bonds. The number of carbonyl (C=O) groups is 1. The zero-order chi connectivity index (χ0) is 14.7. The molecule has 0 saturated carbocycles. The molecule has 3 N–H and O–H groups in total. The number of rotatable bonds is 4. The SMILES string of the molecule is CCc1ccccc1NC(=O)c1c(N)c(CC)nn1C. The number of para-hydroxylation sites is 1. The normalized spacial score (nSPS) is 10.6. The number of carbonyl (C=O) groups excluding carboxylic acids is 1. The number of hydrogen-bond donors (Lipinski definition) is 2. The summed E-state index contributed by atoms with van der Waals surface area (Å²) < 4.78 is 1.54. The van der Waals surface area contributed by atoms with Crippen molar-refractivity contribution in [2.75, 3.05) is 11.1 Å². The first-order valence-corrected chi connectivity index (χ1v) is 6.79. The van der Waals surface area contributed by atoms with Crippen molar-refractivity contribution < 1.29 is 4.79 Å². The highest BCUT2D eigenvalue weighted by Crippen LogP contribution is 2.20. The van der Waals surface area contributed by atoms with Gasteiger partial charge in [0.1, 0.15) is 5.69 Å². The third-order valence-electron chi connectivity index (χ3n) is 3.36. The molecule has 106 valence electrons. The van der Waals surface area contributed by atoms with E-state index in [4.69, 9.17) is 5.73 Å². The number of aryl methyl sites for hydroxylation is 3. The van der Waals surface area contributed by atoms with Crippen LogP contribution in [0.15, 0.2) is 24.3 Å². The molecule has 2 aromatic rings. The fraction of sp³-hybridized carbons (Fsp3) is 0.333. The van der Waals surface area contributed by atoms with Crippen LogP contribution in [0, 0.1) is 0 Å². The molecule has 1 heterocycles. The monoisotopic (exact) mass is 272 g/mol. The van der Waals surface area contributed by atoms with Gasteiger partial charge in [-0.2, -0.15) is 5.10 Å². The maximum Gasteiger partial charge on any atom is 0.276 e. The van der Waals surface area contributed by atoms with Crippen LogP contribution in [-0.2, 0) is 19.9 Å². The molecule has 0 bridgehead atoms. The Kier molecular flexibility index (Phi) is 4.08. The molecule has 0 aliphatic rings. The standard InChI is InChI=1S/C15H20N4O/c1-4-10-8-6-7-9-12(10)17-15(20)14-13(16)11(5-2)18-19(14)3/h6-9H,4-5,16H2,1-3H3,(H,17,20). The fourth-order valence-corrected chi connectivity index (χ4v) is 2.26. The lowest BCUT2D eigenvalue weighted by Crippen LogP contribution is -2.18. The summed E-state index contributed by atoms with van der Waals surface area (Å²) in [7, 11) is 1.73. The molecule has 0 fully saturated rings. The largest absolute Gasteiger partial charge is 0.395 e. The van der Waals surface area contributed by atoms with Gasteiger partial charge in [0.25, 0.3) is 5.91 Å². The molecular weight excluding hydrogens is 252 g/mol. The van der Waals surface area contributed by atoms with Gasteiger partial charge in [-0.05, 0) is 24.5 Å². The third kappa shape index (κ3) is 2.52. The van der Waals surface area contributed by atoms with Gasteiger partial charge < -0.3 is 11.1 Å². The molecule has 0 radical (unpaired) electrons. The number of nitrogens with two attached hydrogens (primary N) is 1. The number of anilines is 2. The first-order valence-electron chi connectivity index (χ1n) is 6.79. The van der Waals surface area contributed by atoms with Crippen molar-refractivity contribution in [2.45, 2.75) is 26.7 Å². The molecular formula is C15H20N4O. The van der Waals surface area contributed by atoms with Crippen LogP contribution in [0.3, 0.4) is 0 Å². The second-order valence-corrected chi connectivity index (χ2v) is 4.65. The van der Waals surface area contributed by atoms with Crippen LogP contribution in [0.25, 0.3) is 0 Å². The van der Waals surface area contributed by atoms with Crippen LogP contribution in [0.5, 0.6) is 0 Å². The maximum atomic E-state index is 12.4. The van der Waals surface area contributed by atoms with Gasteiger partial charge in [0, 0.05) is 12.7 Å². The zero-order valence-corrected chi connectivity index (χ0v) is 12.1. The first kappa shape index (κ1) is 14.1. The second-order valence-electron chi connectivity index (χ2n) is 4.65. The predicted molar refractivity (Wildman–Crippen MR) is 80.8 cm³/mol. The van der Waals surface area contributed by atoms with Crippen LogP contribution in [-0.4, -0.2) is 15.7 Å². The van der Waals surface area contributed by atoms with E-state index in [-0.39, 0.29) is 5.91 Å². The van der Waals surface area contributed by atoms with Crippen LogP contribution < -0.4 is 11.1 Å². The van der Waals surface area contributed by atoms with E-state index in [1.54, 1.807) is 7.05 Å². The molecule has 20 heavy (non-hydrogen) atoms. The Morgan fingerprint density at radius 1 is 1.30 bits per heavy atom. The lowest BCUT2D eigenvalue weighted by molar-refractivity contribution is 0.101. The number of hydrogen-bond acceptors (Lipinski definition) is 3. The number of benzene rings is 1. The number of nitrogen functional groups attached to an aromatic ring is 1. The van der Waals surface area contributed by atoms with E-state index in [0.29, 0.717) is 17.8 Å². The molecule has 5 nitrogen and oxygen atoms in total. The van der Waals surface area contributed by atoms with Crippen molar-refractivity contribution in [1.29, 1.82) is 0 Å². The van der Waals surface area contributed by atoms with Crippen molar-refractivity contribution >= 4 is 17.3 Å². The number of nitrogens with zero attached hydrogens (tertiary/aromatic N) is 2. The number of amides is 1. The van der Waals surface area contributed by atoms with Gasteiger partial charge in [-0.3, -0.25) is 9.48 Å². The lowest BCUT2D eigenvalue weighted by atomic mass is 10.1. The van der Waals surface area contributed by atoms with Gasteiger partial charge in [-0.25, -0.2) is 0 Å². The summed E-state index contributed by atoms with van der Waals surface area (Å²) in [5, 5.41) is 7.18. The van der Waals surface area contributed by atoms with E-state index in [1.165, 1.54) is 4.68 Å². The van der Waals surface area contributed by atoms with Crippen LogP contribution in [0.1, 0.15) is 35.6 Å². The Morgan fingerprint density at radius 2 is 2.00 bits per heavy atom. The zero-order valence-electron chi connectivity index (χ0n) is 12.1. The summed E-state index contributed by atoms with van der Waals surface area (Å²) >= 11 is 0. The van der Waals surface area contributed by atoms with Gasteiger partial charge in [0.05, 0.1) is 11.4 Å². The minimum atomic E-state index is -0.224. The lowest BCUT2D eigenvalue weighted by Gasteiger charge is -2.10. The van der Waals surface area contributed by atoms with Gasteiger partial charge >= 0.3 is 0 Å². The highest BCUT2D eigenvalue weighted by molar-refractivity contribution is 6.07. The van der Waals surface area contributed by atoms with Crippen LogP contribution in [0.2, 0.25) is 0 Å². The molecule has 5 heteroatoms. The molecule has 0 saturated heterocycles. The van der Waals surface area contributed by atoms with E-state index in [0.717, 1.165) is 23.4 Å². The molecule has 0 unspecified atom stereocenters. The summed E-state index contributed by atoms with van der Waals surface area (Å²) in [6.07, 6.45) is 1.57. The van der Waals surface area contributed by atoms with Crippen molar-refractivity contribution in [3.05, 3.63) is 41.2 Å². The smallest absolute Gasteiger partial charge is 0.276 e. The topological polar surface area (TPSA) is 72.9 Å². The molecule has 0 atom stereocenters. The van der Waals surface area contributed by atoms with Crippen molar-refractivity contribution in [3.63, 3.8) is 0 Å². The Morgan fingerprint density at radius 3 is 2.60 bits per heavy atom. The molecule has 2 rings (SSSR count). The van der Waals surface area contributed by atoms with Crippen LogP contribution >= 0.6 is 0 Å². The summed E-state index contributed by atoms with van der Waals surface area (Å²) in [6, 6.07) is 7.75. The Hall–Kier alpha value is -2.30. The van der Waals surface area contributed by atoms with E-state index in [9.17, 15) is 4.79 Å². The van der Waals surface area contributed by atoms with Crippen LogP contribution in [0.4, 0.5) is 11.4 Å². The molecule has 1 aromatic heterocycles. The quantitative estimate of drug-likeness (QED) is 0.897. The molecule has 0 spiro atoms. The van der Waals surface area contributed by atoms with Gasteiger partial charge in [0.2, 0.25) is 0 Å². The van der Waals surface area contributed by atoms with E-state index >= 15 is 0 Å². The Bertz CT molecular complexity index is 631. The second kappa shape index (κ2) is 5.77. The van der Waals surface area contributed by atoms with Crippen molar-refractivity contribution in [2.24, 2.45) is 7.05 Å². The van der Waals surface area contributed by atoms with Gasteiger partial charge in [-0.15, -0.1) is 0 Å². The summed E-state index contributed by atoms with van der Waals surface area (Å²) in [6.45, 7) is 4.02. The molecule has 0 aliphatic heterocycles.